The quantitative estimate of drug-likeness (QED) is 0.750. The lowest BCUT2D eigenvalue weighted by atomic mass is 9.96. The van der Waals surface area contributed by atoms with Crippen LogP contribution in [0.2, 0.25) is 10.0 Å². The molecular formula is C18H19Cl2N3O3S. The highest BCUT2D eigenvalue weighted by Crippen LogP contribution is 2.32. The van der Waals surface area contributed by atoms with E-state index in [2.05, 4.69) is 10.3 Å². The van der Waals surface area contributed by atoms with Gasteiger partial charge in [0, 0.05) is 35.0 Å². The third kappa shape index (κ3) is 4.91. The number of anilines is 1. The second kappa shape index (κ2) is 8.91. The van der Waals surface area contributed by atoms with Crippen molar-refractivity contribution in [3.63, 3.8) is 0 Å². The fraction of sp³-hybridized carbons (Fsp3) is 0.389. The van der Waals surface area contributed by atoms with E-state index in [0.717, 1.165) is 5.56 Å². The van der Waals surface area contributed by atoms with Crippen LogP contribution in [-0.4, -0.2) is 41.6 Å². The van der Waals surface area contributed by atoms with Crippen molar-refractivity contribution in [1.82, 2.24) is 9.88 Å². The van der Waals surface area contributed by atoms with E-state index in [9.17, 15) is 9.59 Å². The number of aromatic nitrogens is 1. The SMILES string of the molecule is CCOC(=O)N1CCC(C(=O)Nc2nc(-c3ccc(Cl)cc3Cl)cs2)CC1. The second-order valence-corrected chi connectivity index (χ2v) is 7.81. The van der Waals surface area contributed by atoms with Gasteiger partial charge in [-0.25, -0.2) is 9.78 Å². The van der Waals surface area contributed by atoms with Crippen molar-refractivity contribution in [2.45, 2.75) is 19.8 Å². The van der Waals surface area contributed by atoms with Crippen LogP contribution in [0.3, 0.4) is 0 Å². The topological polar surface area (TPSA) is 71.5 Å². The van der Waals surface area contributed by atoms with E-state index in [0.29, 0.717) is 53.4 Å². The first kappa shape index (κ1) is 19.9. The summed E-state index contributed by atoms with van der Waals surface area (Å²) in [5, 5.41) is 6.30. The summed E-state index contributed by atoms with van der Waals surface area (Å²) in [5.74, 6) is -0.233. The maximum absolute atomic E-state index is 12.5. The average Bonchev–Trinajstić information content (AvgIpc) is 3.10. The molecule has 1 aliphatic rings. The van der Waals surface area contributed by atoms with E-state index in [4.69, 9.17) is 27.9 Å². The molecule has 0 atom stereocenters. The number of nitrogens with one attached hydrogen (secondary N) is 1. The van der Waals surface area contributed by atoms with Crippen molar-refractivity contribution in [1.29, 1.82) is 0 Å². The van der Waals surface area contributed by atoms with Gasteiger partial charge >= 0.3 is 6.09 Å². The van der Waals surface area contributed by atoms with E-state index in [-0.39, 0.29) is 17.9 Å². The van der Waals surface area contributed by atoms with Crippen LogP contribution < -0.4 is 5.32 Å². The maximum atomic E-state index is 12.5. The Kier molecular flexibility index (Phi) is 6.57. The van der Waals surface area contributed by atoms with Crippen molar-refractivity contribution < 1.29 is 14.3 Å². The molecule has 2 aromatic rings. The van der Waals surface area contributed by atoms with Crippen LogP contribution in [0.1, 0.15) is 19.8 Å². The fourth-order valence-electron chi connectivity index (χ4n) is 2.90. The average molecular weight is 428 g/mol. The van der Waals surface area contributed by atoms with Crippen LogP contribution >= 0.6 is 34.5 Å². The Hall–Kier alpha value is -1.83. The summed E-state index contributed by atoms with van der Waals surface area (Å²) in [5.41, 5.74) is 1.45. The smallest absolute Gasteiger partial charge is 0.409 e. The van der Waals surface area contributed by atoms with E-state index in [1.165, 1.54) is 11.3 Å². The van der Waals surface area contributed by atoms with Gasteiger partial charge in [0.15, 0.2) is 5.13 Å². The molecule has 27 heavy (non-hydrogen) atoms. The summed E-state index contributed by atoms with van der Waals surface area (Å²) in [4.78, 5) is 30.3. The molecule has 0 unspecified atom stereocenters. The number of hydrogen-bond acceptors (Lipinski definition) is 5. The second-order valence-electron chi connectivity index (χ2n) is 6.11. The van der Waals surface area contributed by atoms with Gasteiger partial charge in [-0.3, -0.25) is 4.79 Å². The summed E-state index contributed by atoms with van der Waals surface area (Å²) in [6.07, 6.45) is 0.887. The summed E-state index contributed by atoms with van der Waals surface area (Å²) in [6, 6.07) is 5.21. The van der Waals surface area contributed by atoms with Gasteiger partial charge in [-0.15, -0.1) is 11.3 Å². The number of likely N-dealkylation sites (tertiary alicyclic amines) is 1. The largest absolute Gasteiger partial charge is 0.450 e. The summed E-state index contributed by atoms with van der Waals surface area (Å²) in [7, 11) is 0. The minimum atomic E-state index is -0.319. The lowest BCUT2D eigenvalue weighted by molar-refractivity contribution is -0.121. The van der Waals surface area contributed by atoms with Crippen molar-refractivity contribution >= 4 is 51.7 Å². The van der Waals surface area contributed by atoms with Crippen molar-refractivity contribution in [2.24, 2.45) is 5.92 Å². The molecule has 0 aliphatic carbocycles. The molecule has 1 N–H and O–H groups in total. The molecule has 1 saturated heterocycles. The van der Waals surface area contributed by atoms with Crippen molar-refractivity contribution in [3.8, 4) is 11.3 Å². The Morgan fingerprint density at radius 1 is 1.33 bits per heavy atom. The van der Waals surface area contributed by atoms with Gasteiger partial charge in [0.1, 0.15) is 0 Å². The molecule has 2 heterocycles. The molecule has 0 saturated carbocycles. The van der Waals surface area contributed by atoms with Gasteiger partial charge in [0.25, 0.3) is 0 Å². The number of piperidine rings is 1. The number of benzene rings is 1. The van der Waals surface area contributed by atoms with Gasteiger partial charge in [-0.2, -0.15) is 0 Å². The van der Waals surface area contributed by atoms with Crippen LogP contribution in [-0.2, 0) is 9.53 Å². The highest BCUT2D eigenvalue weighted by atomic mass is 35.5. The lowest BCUT2D eigenvalue weighted by Gasteiger charge is -2.30. The molecule has 1 aromatic carbocycles. The third-order valence-electron chi connectivity index (χ3n) is 4.33. The van der Waals surface area contributed by atoms with Gasteiger partial charge in [-0.1, -0.05) is 23.2 Å². The number of ether oxygens (including phenoxy) is 1. The molecule has 2 amide bonds. The van der Waals surface area contributed by atoms with E-state index in [1.54, 1.807) is 30.0 Å². The number of nitrogens with zero attached hydrogens (tertiary/aromatic N) is 2. The predicted octanol–water partition coefficient (Wildman–Crippen LogP) is 4.92. The minimum absolute atomic E-state index is 0.0818. The highest BCUT2D eigenvalue weighted by molar-refractivity contribution is 7.14. The predicted molar refractivity (Wildman–Crippen MR) is 108 cm³/mol. The molecule has 0 radical (unpaired) electrons. The van der Waals surface area contributed by atoms with Crippen LogP contribution in [0.5, 0.6) is 0 Å². The maximum Gasteiger partial charge on any atom is 0.409 e. The molecule has 0 spiro atoms. The fourth-order valence-corrected chi connectivity index (χ4v) is 4.12. The number of amides is 2. The van der Waals surface area contributed by atoms with Crippen molar-refractivity contribution in [2.75, 3.05) is 25.0 Å². The normalized spacial score (nSPS) is 14.9. The molecular weight excluding hydrogens is 409 g/mol. The Balaban J connectivity index is 1.58. The lowest BCUT2D eigenvalue weighted by Crippen LogP contribution is -2.41. The molecule has 1 aliphatic heterocycles. The zero-order chi connectivity index (χ0) is 19.4. The summed E-state index contributed by atoms with van der Waals surface area (Å²) in [6.45, 7) is 3.15. The number of carbonyl (C=O) groups excluding carboxylic acids is 2. The monoisotopic (exact) mass is 427 g/mol. The highest BCUT2D eigenvalue weighted by Gasteiger charge is 2.28. The summed E-state index contributed by atoms with van der Waals surface area (Å²) < 4.78 is 4.99. The zero-order valence-corrected chi connectivity index (χ0v) is 17.0. The van der Waals surface area contributed by atoms with E-state index >= 15 is 0 Å². The Morgan fingerprint density at radius 2 is 2.07 bits per heavy atom. The molecule has 144 valence electrons. The first-order valence-electron chi connectivity index (χ1n) is 8.61. The van der Waals surface area contributed by atoms with Crippen LogP contribution in [0.25, 0.3) is 11.3 Å². The number of carbonyl (C=O) groups is 2. The molecule has 1 fully saturated rings. The molecule has 1 aromatic heterocycles. The van der Waals surface area contributed by atoms with E-state index < -0.39 is 0 Å². The Labute approximate surface area is 171 Å². The minimum Gasteiger partial charge on any atom is -0.450 e. The molecule has 9 heteroatoms. The van der Waals surface area contributed by atoms with Gasteiger partial charge in [-0.05, 0) is 38.0 Å². The van der Waals surface area contributed by atoms with Gasteiger partial charge in [0.05, 0.1) is 17.3 Å². The zero-order valence-electron chi connectivity index (χ0n) is 14.7. The summed E-state index contributed by atoms with van der Waals surface area (Å²) >= 11 is 13.5. The van der Waals surface area contributed by atoms with Crippen LogP contribution in [0, 0.1) is 5.92 Å². The van der Waals surface area contributed by atoms with Crippen LogP contribution in [0.15, 0.2) is 23.6 Å². The number of hydrogen-bond donors (Lipinski definition) is 1. The molecule has 0 bridgehead atoms. The number of rotatable bonds is 4. The standard InChI is InChI=1S/C18H19Cl2N3O3S/c1-2-26-18(25)23-7-5-11(6-8-23)16(24)22-17-21-15(10-27-17)13-4-3-12(19)9-14(13)20/h3-4,9-11H,2,5-8H2,1H3,(H,21,22,24). The number of halogens is 2. The van der Waals surface area contributed by atoms with Gasteiger partial charge < -0.3 is 15.0 Å². The van der Waals surface area contributed by atoms with E-state index in [1.807, 2.05) is 5.38 Å². The Morgan fingerprint density at radius 3 is 2.74 bits per heavy atom. The van der Waals surface area contributed by atoms with Crippen LogP contribution in [0.4, 0.5) is 9.93 Å². The van der Waals surface area contributed by atoms with Gasteiger partial charge in [0.2, 0.25) is 5.91 Å². The first-order chi connectivity index (χ1) is 13.0. The first-order valence-corrected chi connectivity index (χ1v) is 10.2. The third-order valence-corrected chi connectivity index (χ3v) is 5.64. The molecule has 3 rings (SSSR count). The Bertz CT molecular complexity index is 835. The molecule has 6 nitrogen and oxygen atoms in total. The van der Waals surface area contributed by atoms with Crippen molar-refractivity contribution in [3.05, 3.63) is 33.6 Å². The number of thiazole rings is 1.